The van der Waals surface area contributed by atoms with E-state index in [1.807, 2.05) is 24.3 Å². The van der Waals surface area contributed by atoms with Crippen LogP contribution in [0.3, 0.4) is 0 Å². The topological polar surface area (TPSA) is 84.1 Å². The van der Waals surface area contributed by atoms with Gasteiger partial charge in [-0.1, -0.05) is 53.5 Å². The molecule has 4 rings (SSSR count). The normalized spacial score (nSPS) is 12.1. The van der Waals surface area contributed by atoms with E-state index in [1.54, 1.807) is 61.7 Å². The molecule has 0 atom stereocenters. The number of carbonyl (C=O) groups excluding carboxylic acids is 1. The summed E-state index contributed by atoms with van der Waals surface area (Å²) in [6.07, 6.45) is 1.70. The average Bonchev–Trinajstić information content (AvgIpc) is 3.18. The molecular weight excluding hydrogens is 505 g/mol. The highest BCUT2D eigenvalue weighted by Gasteiger charge is 2.18. The first-order valence-corrected chi connectivity index (χ1v) is 11.8. The van der Waals surface area contributed by atoms with E-state index in [-0.39, 0.29) is 26.5 Å². The van der Waals surface area contributed by atoms with Gasteiger partial charge in [0, 0.05) is 5.02 Å². The number of benzene rings is 3. The molecule has 3 aromatic carbocycles. The molecule has 1 amide bonds. The summed E-state index contributed by atoms with van der Waals surface area (Å²) < 4.78 is 7.09. The van der Waals surface area contributed by atoms with Crippen LogP contribution in [0.25, 0.3) is 17.3 Å². The third-order valence-electron chi connectivity index (χ3n) is 4.98. The van der Waals surface area contributed by atoms with E-state index in [1.165, 1.54) is 10.6 Å². The van der Waals surface area contributed by atoms with E-state index in [0.29, 0.717) is 21.0 Å². The third kappa shape index (κ3) is 5.31. The number of amides is 1. The number of nitriles is 1. The van der Waals surface area contributed by atoms with Crippen molar-refractivity contribution in [1.29, 1.82) is 5.26 Å². The number of thiazole rings is 1. The molecule has 1 heterocycles. The van der Waals surface area contributed by atoms with Crippen LogP contribution in [0.15, 0.2) is 77.6 Å². The monoisotopic (exact) mass is 521 g/mol. The summed E-state index contributed by atoms with van der Waals surface area (Å²) in [6.45, 7) is 0. The van der Waals surface area contributed by atoms with Gasteiger partial charge in [0.15, 0.2) is 5.57 Å². The van der Waals surface area contributed by atoms with Crippen molar-refractivity contribution in [2.75, 3.05) is 12.4 Å². The molecule has 9 heteroatoms. The molecule has 1 N–H and O–H groups in total. The highest BCUT2D eigenvalue weighted by atomic mass is 35.5. The van der Waals surface area contributed by atoms with Gasteiger partial charge in [0.25, 0.3) is 11.5 Å². The van der Waals surface area contributed by atoms with Crippen LogP contribution in [0, 0.1) is 11.3 Å². The fraction of sp³-hybridized carbons (Fsp3) is 0.0385. The average molecular weight is 522 g/mol. The van der Waals surface area contributed by atoms with Crippen molar-refractivity contribution >= 4 is 57.8 Å². The molecule has 0 saturated carbocycles. The van der Waals surface area contributed by atoms with Gasteiger partial charge < -0.3 is 10.1 Å². The first-order chi connectivity index (χ1) is 16.9. The van der Waals surface area contributed by atoms with E-state index in [0.717, 1.165) is 16.9 Å². The van der Waals surface area contributed by atoms with Gasteiger partial charge in [-0.3, -0.25) is 14.2 Å². The number of ether oxygens (including phenoxy) is 1. The fourth-order valence-electron chi connectivity index (χ4n) is 3.29. The fourth-order valence-corrected chi connectivity index (χ4v) is 4.73. The van der Waals surface area contributed by atoms with Gasteiger partial charge in [0.1, 0.15) is 16.5 Å². The Hall–Kier alpha value is -3.83. The lowest BCUT2D eigenvalue weighted by molar-refractivity contribution is -0.111. The van der Waals surface area contributed by atoms with Crippen LogP contribution in [0.1, 0.15) is 5.56 Å². The summed E-state index contributed by atoms with van der Waals surface area (Å²) >= 11 is 13.2. The molecule has 0 aliphatic heterocycles. The number of halogens is 2. The van der Waals surface area contributed by atoms with E-state index in [9.17, 15) is 14.9 Å². The minimum atomic E-state index is -0.710. The summed E-state index contributed by atoms with van der Waals surface area (Å²) in [5.74, 6) is -0.0224. The summed E-state index contributed by atoms with van der Waals surface area (Å²) in [5.41, 5.74) is 0.964. The van der Waals surface area contributed by atoms with Crippen LogP contribution < -0.4 is 24.8 Å². The van der Waals surface area contributed by atoms with Crippen LogP contribution in [0.5, 0.6) is 5.75 Å². The number of anilines is 1. The van der Waals surface area contributed by atoms with Gasteiger partial charge in [-0.05, 0) is 54.1 Å². The summed E-state index contributed by atoms with van der Waals surface area (Å²) in [7, 11) is 1.57. The highest BCUT2D eigenvalue weighted by molar-refractivity contribution is 7.07. The standard InChI is InChI=1S/C26H17Cl2N3O3S/c1-34-19-10-7-16(8-11-19)13-23-25(33)31(18-5-3-2-4-6-18)26(35-23)20(15-29)24(32)30-22-14-17(27)9-12-21(22)28/h2-14H,1H3,(H,30,32)/b23-13+,26-20+. The molecule has 0 saturated heterocycles. The second-order valence-corrected chi connectivity index (χ2v) is 9.10. The number of para-hydroxylation sites is 1. The van der Waals surface area contributed by atoms with Crippen LogP contribution in [0.4, 0.5) is 5.69 Å². The van der Waals surface area contributed by atoms with Crippen molar-refractivity contribution < 1.29 is 9.53 Å². The third-order valence-corrected chi connectivity index (χ3v) is 6.64. The summed E-state index contributed by atoms with van der Waals surface area (Å²) in [4.78, 5) is 26.6. The molecule has 35 heavy (non-hydrogen) atoms. The maximum atomic E-state index is 13.4. The van der Waals surface area contributed by atoms with Crippen molar-refractivity contribution in [2.45, 2.75) is 0 Å². The smallest absolute Gasteiger partial charge is 0.273 e. The van der Waals surface area contributed by atoms with Gasteiger partial charge in [0.2, 0.25) is 0 Å². The Bertz CT molecular complexity index is 1620. The van der Waals surface area contributed by atoms with Gasteiger partial charge in [-0.15, -0.1) is 11.3 Å². The number of carbonyl (C=O) groups is 1. The lowest BCUT2D eigenvalue weighted by Gasteiger charge is -2.07. The number of hydrogen-bond acceptors (Lipinski definition) is 5. The molecule has 4 aromatic rings. The maximum absolute atomic E-state index is 13.4. The van der Waals surface area contributed by atoms with Crippen molar-refractivity contribution in [3.63, 3.8) is 0 Å². The van der Waals surface area contributed by atoms with E-state index < -0.39 is 5.91 Å². The van der Waals surface area contributed by atoms with Crippen LogP contribution in [-0.4, -0.2) is 17.6 Å². The second-order valence-electron chi connectivity index (χ2n) is 7.23. The van der Waals surface area contributed by atoms with Gasteiger partial charge in [-0.25, -0.2) is 0 Å². The Balaban J connectivity index is 1.93. The molecule has 0 spiro atoms. The Morgan fingerprint density at radius 3 is 2.46 bits per heavy atom. The predicted molar refractivity (Wildman–Crippen MR) is 140 cm³/mol. The van der Waals surface area contributed by atoms with Crippen molar-refractivity contribution in [1.82, 2.24) is 4.57 Å². The van der Waals surface area contributed by atoms with E-state index in [2.05, 4.69) is 5.32 Å². The van der Waals surface area contributed by atoms with E-state index in [4.69, 9.17) is 27.9 Å². The Morgan fingerprint density at radius 1 is 1.09 bits per heavy atom. The summed E-state index contributed by atoms with van der Waals surface area (Å²) in [5, 5.41) is 13.2. The van der Waals surface area contributed by atoms with Crippen molar-refractivity contribution in [2.24, 2.45) is 0 Å². The number of nitrogens with one attached hydrogen (secondary N) is 1. The predicted octanol–water partition coefficient (Wildman–Crippen LogP) is 4.36. The SMILES string of the molecule is COc1ccc(/C=c2/s/c(=C(\C#N)C(=O)Nc3cc(Cl)ccc3Cl)n(-c3ccccc3)c2=O)cc1. The zero-order valence-electron chi connectivity index (χ0n) is 18.3. The lowest BCUT2D eigenvalue weighted by atomic mass is 10.2. The maximum Gasteiger partial charge on any atom is 0.273 e. The van der Waals surface area contributed by atoms with Crippen LogP contribution in [-0.2, 0) is 4.79 Å². The highest BCUT2D eigenvalue weighted by Crippen LogP contribution is 2.25. The number of aromatic nitrogens is 1. The number of rotatable bonds is 5. The van der Waals surface area contributed by atoms with Gasteiger partial charge in [0.05, 0.1) is 28.0 Å². The Kier molecular flexibility index (Phi) is 7.37. The molecular formula is C26H17Cl2N3O3S. The van der Waals surface area contributed by atoms with Gasteiger partial charge in [-0.2, -0.15) is 5.26 Å². The zero-order chi connectivity index (χ0) is 24.9. The second kappa shape index (κ2) is 10.6. The molecule has 0 aliphatic rings. The molecule has 0 unspecified atom stereocenters. The number of methoxy groups -OCH3 is 1. The minimum Gasteiger partial charge on any atom is -0.497 e. The largest absolute Gasteiger partial charge is 0.497 e. The van der Waals surface area contributed by atoms with Crippen molar-refractivity contribution in [3.05, 3.63) is 108 Å². The summed E-state index contributed by atoms with van der Waals surface area (Å²) in [6, 6.07) is 22.6. The molecule has 0 aliphatic carbocycles. The first-order valence-electron chi connectivity index (χ1n) is 10.2. The molecule has 6 nitrogen and oxygen atoms in total. The quantitative estimate of drug-likeness (QED) is 0.423. The Labute approximate surface area is 214 Å². The lowest BCUT2D eigenvalue weighted by Crippen LogP contribution is -2.32. The number of nitrogens with zero attached hydrogens (tertiary/aromatic N) is 2. The molecule has 0 bridgehead atoms. The van der Waals surface area contributed by atoms with Crippen LogP contribution in [0.2, 0.25) is 10.0 Å². The minimum absolute atomic E-state index is 0.194. The Morgan fingerprint density at radius 2 is 1.80 bits per heavy atom. The molecule has 0 radical (unpaired) electrons. The van der Waals surface area contributed by atoms with Crippen molar-refractivity contribution in [3.8, 4) is 17.5 Å². The molecule has 1 aromatic heterocycles. The first kappa shape index (κ1) is 24.3. The van der Waals surface area contributed by atoms with Crippen LogP contribution >= 0.6 is 34.5 Å². The number of hydrogen-bond donors (Lipinski definition) is 1. The van der Waals surface area contributed by atoms with E-state index >= 15 is 0 Å². The van der Waals surface area contributed by atoms with Gasteiger partial charge >= 0.3 is 0 Å². The zero-order valence-corrected chi connectivity index (χ0v) is 20.6. The molecule has 174 valence electrons. The molecule has 0 fully saturated rings.